The van der Waals surface area contributed by atoms with Crippen molar-refractivity contribution >= 4 is 5.78 Å². The van der Waals surface area contributed by atoms with Crippen molar-refractivity contribution in [1.29, 1.82) is 0 Å². The minimum Gasteiger partial charge on any atom is -0.406 e. The molecule has 0 heterocycles. The van der Waals surface area contributed by atoms with Crippen LogP contribution in [0.1, 0.15) is 18.1 Å². The first kappa shape index (κ1) is 15.3. The van der Waals surface area contributed by atoms with Crippen molar-refractivity contribution in [2.45, 2.75) is 25.9 Å². The van der Waals surface area contributed by atoms with Gasteiger partial charge in [-0.15, -0.1) is 13.2 Å². The van der Waals surface area contributed by atoms with E-state index in [0.717, 1.165) is 13.0 Å². The quantitative estimate of drug-likeness (QED) is 0.791. The fourth-order valence-corrected chi connectivity index (χ4v) is 1.41. The molecule has 0 aliphatic rings. The Bertz CT molecular complexity index is 475. The number of Topliss-reactive ketones (excluding diaryl/α,β-unsaturated/α-hetero) is 1. The zero-order chi connectivity index (χ0) is 14.8. The van der Waals surface area contributed by atoms with Gasteiger partial charge in [0.05, 0.1) is 5.56 Å². The predicted molar refractivity (Wildman–Crippen MR) is 52.5 cm³/mol. The van der Waals surface area contributed by atoms with Gasteiger partial charge in [-0.1, -0.05) is 0 Å². The number of ketones is 1. The second-order valence-electron chi connectivity index (χ2n) is 3.79. The van der Waals surface area contributed by atoms with Crippen LogP contribution in [0.15, 0.2) is 18.2 Å². The maximum atomic E-state index is 12.5. The highest BCUT2D eigenvalue weighted by Gasteiger charge is 2.35. The Labute approximate surface area is 104 Å². The van der Waals surface area contributed by atoms with Crippen molar-refractivity contribution in [2.75, 3.05) is 0 Å². The molecule has 0 aliphatic heterocycles. The number of benzene rings is 1. The van der Waals surface area contributed by atoms with E-state index in [-0.39, 0.29) is 11.6 Å². The van der Waals surface area contributed by atoms with Gasteiger partial charge in [-0.3, -0.25) is 4.79 Å². The van der Waals surface area contributed by atoms with Crippen molar-refractivity contribution in [3.8, 4) is 5.75 Å². The van der Waals surface area contributed by atoms with Gasteiger partial charge < -0.3 is 4.74 Å². The molecule has 0 bridgehead atoms. The van der Waals surface area contributed by atoms with Crippen molar-refractivity contribution in [3.05, 3.63) is 29.3 Å². The molecule has 19 heavy (non-hydrogen) atoms. The van der Waals surface area contributed by atoms with Crippen LogP contribution in [-0.4, -0.2) is 12.1 Å². The molecule has 1 aromatic carbocycles. The van der Waals surface area contributed by atoms with Crippen LogP contribution in [0.5, 0.6) is 5.75 Å². The van der Waals surface area contributed by atoms with Gasteiger partial charge >= 0.3 is 12.5 Å². The lowest BCUT2D eigenvalue weighted by Gasteiger charge is -2.13. The van der Waals surface area contributed by atoms with Gasteiger partial charge in [-0.05, 0) is 30.7 Å². The van der Waals surface area contributed by atoms with Crippen molar-refractivity contribution in [1.82, 2.24) is 0 Å². The van der Waals surface area contributed by atoms with Crippen LogP contribution in [0.25, 0.3) is 0 Å². The normalized spacial score (nSPS) is 12.4. The van der Waals surface area contributed by atoms with E-state index in [9.17, 15) is 31.1 Å². The van der Waals surface area contributed by atoms with Gasteiger partial charge in [-0.2, -0.15) is 13.2 Å². The second-order valence-corrected chi connectivity index (χ2v) is 3.79. The van der Waals surface area contributed by atoms with Crippen LogP contribution in [0.3, 0.4) is 0 Å². The summed E-state index contributed by atoms with van der Waals surface area (Å²) in [5.74, 6) is -1.48. The monoisotopic (exact) mass is 286 g/mol. The third-order valence-electron chi connectivity index (χ3n) is 1.98. The van der Waals surface area contributed by atoms with Crippen LogP contribution in [0.4, 0.5) is 26.3 Å². The summed E-state index contributed by atoms with van der Waals surface area (Å²) < 4.78 is 76.9. The molecule has 0 aliphatic carbocycles. The van der Waals surface area contributed by atoms with Gasteiger partial charge in [-0.25, -0.2) is 0 Å². The Balaban J connectivity index is 3.20. The Morgan fingerprint density at radius 2 is 1.68 bits per heavy atom. The van der Waals surface area contributed by atoms with Gasteiger partial charge in [0.2, 0.25) is 0 Å². The highest BCUT2D eigenvalue weighted by molar-refractivity contribution is 5.78. The van der Waals surface area contributed by atoms with E-state index in [0.29, 0.717) is 6.07 Å². The maximum absolute atomic E-state index is 12.5. The molecule has 1 aromatic rings. The summed E-state index contributed by atoms with van der Waals surface area (Å²) in [4.78, 5) is 10.8. The third-order valence-corrected chi connectivity index (χ3v) is 1.98. The molecule has 0 amide bonds. The Hall–Kier alpha value is -1.73. The first-order valence-corrected chi connectivity index (χ1v) is 4.94. The van der Waals surface area contributed by atoms with Gasteiger partial charge in [0, 0.05) is 6.42 Å². The van der Waals surface area contributed by atoms with Gasteiger partial charge in [0.1, 0.15) is 11.5 Å². The molecule has 0 fully saturated rings. The van der Waals surface area contributed by atoms with E-state index in [1.807, 2.05) is 0 Å². The van der Waals surface area contributed by atoms with E-state index in [4.69, 9.17) is 0 Å². The fraction of sp³-hybridized carbons (Fsp3) is 0.364. The first-order valence-electron chi connectivity index (χ1n) is 4.94. The summed E-state index contributed by atoms with van der Waals surface area (Å²) in [6.07, 6.45) is -10.3. The van der Waals surface area contributed by atoms with Crippen molar-refractivity contribution < 1.29 is 35.9 Å². The lowest BCUT2D eigenvalue weighted by atomic mass is 10.1. The zero-order valence-electron chi connectivity index (χ0n) is 9.52. The zero-order valence-corrected chi connectivity index (χ0v) is 9.52. The average Bonchev–Trinajstić information content (AvgIpc) is 2.11. The number of alkyl halides is 6. The first-order chi connectivity index (χ1) is 8.47. The smallest absolute Gasteiger partial charge is 0.406 e. The van der Waals surface area contributed by atoms with Crippen molar-refractivity contribution in [2.24, 2.45) is 0 Å². The van der Waals surface area contributed by atoms with Gasteiger partial charge in [0.15, 0.2) is 0 Å². The molecule has 2 nitrogen and oxygen atoms in total. The molecule has 106 valence electrons. The molecule has 0 aromatic heterocycles. The Morgan fingerprint density at radius 1 is 1.11 bits per heavy atom. The number of ether oxygens (including phenoxy) is 1. The second kappa shape index (κ2) is 5.10. The molecule has 0 radical (unpaired) electrons. The number of carbonyl (C=O) groups excluding carboxylic acids is 1. The summed E-state index contributed by atoms with van der Waals surface area (Å²) in [6.45, 7) is 1.12. The number of hydrogen-bond donors (Lipinski definition) is 0. The highest BCUT2D eigenvalue weighted by Crippen LogP contribution is 2.34. The molecular formula is C11H8F6O2. The van der Waals surface area contributed by atoms with Crippen LogP contribution >= 0.6 is 0 Å². The molecule has 1 rings (SSSR count). The summed E-state index contributed by atoms with van der Waals surface area (Å²) in [7, 11) is 0. The molecule has 0 atom stereocenters. The van der Waals surface area contributed by atoms with Crippen molar-refractivity contribution in [3.63, 3.8) is 0 Å². The molecule has 0 spiro atoms. The average molecular weight is 286 g/mol. The van der Waals surface area contributed by atoms with Gasteiger partial charge in [0.25, 0.3) is 0 Å². The van der Waals surface area contributed by atoms with Crippen LogP contribution in [-0.2, 0) is 17.4 Å². The summed E-state index contributed by atoms with van der Waals surface area (Å²) >= 11 is 0. The van der Waals surface area contributed by atoms with Crippen LogP contribution in [0, 0.1) is 0 Å². The summed E-state index contributed by atoms with van der Waals surface area (Å²) in [5.41, 5.74) is -1.49. The van der Waals surface area contributed by atoms with E-state index in [1.54, 1.807) is 0 Å². The number of halogens is 6. The van der Waals surface area contributed by atoms with E-state index < -0.39 is 36.1 Å². The molecule has 0 N–H and O–H groups in total. The largest absolute Gasteiger partial charge is 0.573 e. The number of hydrogen-bond acceptors (Lipinski definition) is 2. The van der Waals surface area contributed by atoms with E-state index >= 15 is 0 Å². The maximum Gasteiger partial charge on any atom is 0.573 e. The molecule has 0 unspecified atom stereocenters. The molecular weight excluding hydrogens is 278 g/mol. The highest BCUT2D eigenvalue weighted by atomic mass is 19.4. The number of carbonyl (C=O) groups is 1. The lowest BCUT2D eigenvalue weighted by molar-refractivity contribution is -0.274. The van der Waals surface area contributed by atoms with Crippen LogP contribution in [0.2, 0.25) is 0 Å². The summed E-state index contributed by atoms with van der Waals surface area (Å²) in [6, 6.07) is 1.60. The Kier molecular flexibility index (Phi) is 4.12. The number of rotatable bonds is 3. The molecule has 8 heteroatoms. The lowest BCUT2D eigenvalue weighted by Crippen LogP contribution is -2.18. The SMILES string of the molecule is CC(=O)Cc1cc(OC(F)(F)F)cc(C(F)(F)F)c1. The van der Waals surface area contributed by atoms with E-state index in [1.165, 1.54) is 0 Å². The molecule has 0 saturated carbocycles. The van der Waals surface area contributed by atoms with E-state index in [2.05, 4.69) is 4.74 Å². The third kappa shape index (κ3) is 5.19. The minimum atomic E-state index is -5.10. The fourth-order valence-electron chi connectivity index (χ4n) is 1.41. The standard InChI is InChI=1S/C11H8F6O2/c1-6(18)2-7-3-8(10(12,13)14)5-9(4-7)19-11(15,16)17/h3-5H,2H2,1H3. The topological polar surface area (TPSA) is 26.3 Å². The minimum absolute atomic E-state index is 0.193. The van der Waals surface area contributed by atoms with Crippen LogP contribution < -0.4 is 4.74 Å². The predicted octanol–water partition coefficient (Wildman–Crippen LogP) is 3.74. The molecule has 0 saturated heterocycles. The summed E-state index contributed by atoms with van der Waals surface area (Å²) in [5, 5.41) is 0. The Morgan fingerprint density at radius 3 is 2.11 bits per heavy atom.